The van der Waals surface area contributed by atoms with Crippen LogP contribution in [0.2, 0.25) is 0 Å². The molecule has 0 radical (unpaired) electrons. The van der Waals surface area contributed by atoms with Gasteiger partial charge in [-0.1, -0.05) is 48.0 Å². The minimum absolute atomic E-state index is 0.580. The van der Waals surface area contributed by atoms with Gasteiger partial charge in [0, 0.05) is 12.1 Å². The van der Waals surface area contributed by atoms with Gasteiger partial charge in [-0.3, -0.25) is 0 Å². The first-order chi connectivity index (χ1) is 11.3. The fourth-order valence-electron chi connectivity index (χ4n) is 2.49. The van der Waals surface area contributed by atoms with Crippen LogP contribution in [0, 0.1) is 6.92 Å². The molecule has 3 heteroatoms. The topological polar surface area (TPSA) is 34.4 Å². The Labute approximate surface area is 136 Å². The van der Waals surface area contributed by atoms with Gasteiger partial charge in [0.05, 0.1) is 12.8 Å². The van der Waals surface area contributed by atoms with E-state index >= 15 is 0 Å². The van der Waals surface area contributed by atoms with Gasteiger partial charge in [-0.25, -0.2) is 0 Å². The van der Waals surface area contributed by atoms with Crippen LogP contribution >= 0.6 is 0 Å². The summed E-state index contributed by atoms with van der Waals surface area (Å²) in [6, 6.07) is 20.4. The predicted octanol–water partition coefficient (Wildman–Crippen LogP) is 4.46. The molecule has 3 nitrogen and oxygen atoms in total. The highest BCUT2D eigenvalue weighted by atomic mass is 16.5. The largest absolute Gasteiger partial charge is 0.489 e. The molecule has 0 aliphatic rings. The van der Waals surface area contributed by atoms with E-state index in [1.165, 1.54) is 11.1 Å². The Morgan fingerprint density at radius 3 is 2.70 bits per heavy atom. The molecular formula is C20H21NO2. The summed E-state index contributed by atoms with van der Waals surface area (Å²) >= 11 is 0. The Balaban J connectivity index is 1.58. The van der Waals surface area contributed by atoms with E-state index in [9.17, 15) is 0 Å². The van der Waals surface area contributed by atoms with Crippen LogP contribution in [0.3, 0.4) is 0 Å². The zero-order chi connectivity index (χ0) is 15.9. The lowest BCUT2D eigenvalue weighted by Gasteiger charge is -2.12. The van der Waals surface area contributed by atoms with Crippen LogP contribution in [0.15, 0.2) is 71.3 Å². The van der Waals surface area contributed by atoms with E-state index in [2.05, 4.69) is 42.6 Å². The molecule has 1 N–H and O–H groups in total. The number of hydrogen-bond acceptors (Lipinski definition) is 3. The fourth-order valence-corrected chi connectivity index (χ4v) is 2.49. The molecule has 0 aliphatic heterocycles. The molecule has 3 rings (SSSR count). The van der Waals surface area contributed by atoms with Gasteiger partial charge in [-0.05, 0) is 30.7 Å². The summed E-state index contributed by atoms with van der Waals surface area (Å²) in [7, 11) is 0. The van der Waals surface area contributed by atoms with Crippen molar-refractivity contribution in [3.63, 3.8) is 0 Å². The normalized spacial score (nSPS) is 10.7. The maximum absolute atomic E-state index is 6.00. The number of rotatable bonds is 7. The number of furan rings is 1. The average molecular weight is 307 g/mol. The molecule has 1 heterocycles. The molecule has 0 amide bonds. The van der Waals surface area contributed by atoms with E-state index in [4.69, 9.17) is 9.15 Å². The summed E-state index contributed by atoms with van der Waals surface area (Å²) in [5.41, 5.74) is 3.58. The quantitative estimate of drug-likeness (QED) is 0.700. The van der Waals surface area contributed by atoms with Gasteiger partial charge in [0.1, 0.15) is 18.1 Å². The second kappa shape index (κ2) is 7.65. The molecule has 0 aliphatic carbocycles. The van der Waals surface area contributed by atoms with Crippen molar-refractivity contribution in [2.45, 2.75) is 26.6 Å². The van der Waals surface area contributed by atoms with Crippen LogP contribution in [0.4, 0.5) is 0 Å². The van der Waals surface area contributed by atoms with E-state index < -0.39 is 0 Å². The third-order valence-electron chi connectivity index (χ3n) is 3.64. The van der Waals surface area contributed by atoms with Gasteiger partial charge in [0.2, 0.25) is 0 Å². The van der Waals surface area contributed by atoms with E-state index in [0.29, 0.717) is 13.2 Å². The standard InChI is InChI=1S/C20H21NO2/c1-16-6-4-7-17(12-16)15-23-20-10-3-2-8-18(20)13-21-14-19-9-5-11-22-19/h2-12,21H,13-15H2,1H3. The second-order valence-electron chi connectivity index (χ2n) is 5.57. The summed E-state index contributed by atoms with van der Waals surface area (Å²) in [6.45, 7) is 4.12. The summed E-state index contributed by atoms with van der Waals surface area (Å²) < 4.78 is 11.3. The highest BCUT2D eigenvalue weighted by molar-refractivity contribution is 5.33. The summed E-state index contributed by atoms with van der Waals surface area (Å²) in [5.74, 6) is 1.85. The lowest BCUT2D eigenvalue weighted by Crippen LogP contribution is -2.13. The number of benzene rings is 2. The van der Waals surface area contributed by atoms with Crippen molar-refractivity contribution < 1.29 is 9.15 Å². The van der Waals surface area contributed by atoms with Crippen molar-refractivity contribution in [1.29, 1.82) is 0 Å². The van der Waals surface area contributed by atoms with Gasteiger partial charge in [-0.2, -0.15) is 0 Å². The lowest BCUT2D eigenvalue weighted by atomic mass is 10.1. The predicted molar refractivity (Wildman–Crippen MR) is 91.2 cm³/mol. The highest BCUT2D eigenvalue weighted by Crippen LogP contribution is 2.19. The first-order valence-corrected chi connectivity index (χ1v) is 7.80. The fraction of sp³-hybridized carbons (Fsp3) is 0.200. The number of nitrogens with one attached hydrogen (secondary N) is 1. The monoisotopic (exact) mass is 307 g/mol. The van der Waals surface area contributed by atoms with E-state index in [1.807, 2.05) is 30.3 Å². The van der Waals surface area contributed by atoms with Crippen LogP contribution in [0.25, 0.3) is 0 Å². The van der Waals surface area contributed by atoms with E-state index in [0.717, 1.165) is 23.6 Å². The second-order valence-corrected chi connectivity index (χ2v) is 5.57. The Hall–Kier alpha value is -2.52. The third kappa shape index (κ3) is 4.47. The molecule has 0 fully saturated rings. The zero-order valence-electron chi connectivity index (χ0n) is 13.3. The van der Waals surface area contributed by atoms with Gasteiger partial charge >= 0.3 is 0 Å². The van der Waals surface area contributed by atoms with Crippen molar-refractivity contribution in [1.82, 2.24) is 5.32 Å². The molecule has 0 atom stereocenters. The molecule has 0 unspecified atom stereocenters. The van der Waals surface area contributed by atoms with E-state index in [1.54, 1.807) is 6.26 Å². The van der Waals surface area contributed by atoms with E-state index in [-0.39, 0.29) is 0 Å². The minimum Gasteiger partial charge on any atom is -0.489 e. The summed E-state index contributed by atoms with van der Waals surface area (Å²) in [6.07, 6.45) is 1.69. The van der Waals surface area contributed by atoms with Crippen LogP contribution in [-0.4, -0.2) is 0 Å². The van der Waals surface area contributed by atoms with Crippen LogP contribution in [-0.2, 0) is 19.7 Å². The number of hydrogen-bond donors (Lipinski definition) is 1. The minimum atomic E-state index is 0.580. The number of aryl methyl sites for hydroxylation is 1. The van der Waals surface area contributed by atoms with Crippen molar-refractivity contribution in [2.24, 2.45) is 0 Å². The van der Waals surface area contributed by atoms with Gasteiger partial charge in [-0.15, -0.1) is 0 Å². The molecule has 2 aromatic carbocycles. The Kier molecular flexibility index (Phi) is 5.12. The van der Waals surface area contributed by atoms with Gasteiger partial charge in [0.15, 0.2) is 0 Å². The number of para-hydroxylation sites is 1. The molecule has 1 aromatic heterocycles. The number of ether oxygens (including phenoxy) is 1. The first kappa shape index (κ1) is 15.4. The third-order valence-corrected chi connectivity index (χ3v) is 3.64. The molecule has 0 saturated heterocycles. The molecule has 0 saturated carbocycles. The smallest absolute Gasteiger partial charge is 0.124 e. The summed E-state index contributed by atoms with van der Waals surface area (Å²) in [4.78, 5) is 0. The molecule has 3 aromatic rings. The van der Waals surface area contributed by atoms with Crippen LogP contribution in [0.5, 0.6) is 5.75 Å². The molecule has 0 bridgehead atoms. The highest BCUT2D eigenvalue weighted by Gasteiger charge is 2.04. The van der Waals surface area contributed by atoms with Gasteiger partial charge in [0.25, 0.3) is 0 Å². The van der Waals surface area contributed by atoms with Crippen molar-refractivity contribution in [3.8, 4) is 5.75 Å². The average Bonchev–Trinajstić information content (AvgIpc) is 3.07. The maximum atomic E-state index is 6.00. The Bertz CT molecular complexity index is 735. The van der Waals surface area contributed by atoms with Gasteiger partial charge < -0.3 is 14.5 Å². The van der Waals surface area contributed by atoms with Crippen molar-refractivity contribution in [2.75, 3.05) is 0 Å². The van der Waals surface area contributed by atoms with Crippen LogP contribution in [0.1, 0.15) is 22.5 Å². The Morgan fingerprint density at radius 1 is 0.957 bits per heavy atom. The molecule has 118 valence electrons. The Morgan fingerprint density at radius 2 is 1.87 bits per heavy atom. The summed E-state index contributed by atoms with van der Waals surface area (Å²) in [5, 5.41) is 3.38. The molecule has 0 spiro atoms. The van der Waals surface area contributed by atoms with Crippen molar-refractivity contribution >= 4 is 0 Å². The maximum Gasteiger partial charge on any atom is 0.124 e. The SMILES string of the molecule is Cc1cccc(COc2ccccc2CNCc2ccco2)c1. The first-order valence-electron chi connectivity index (χ1n) is 7.80. The zero-order valence-corrected chi connectivity index (χ0v) is 13.3. The van der Waals surface area contributed by atoms with Crippen molar-refractivity contribution in [3.05, 3.63) is 89.4 Å². The van der Waals surface area contributed by atoms with Crippen LogP contribution < -0.4 is 10.1 Å². The lowest BCUT2D eigenvalue weighted by molar-refractivity contribution is 0.302. The molecule has 23 heavy (non-hydrogen) atoms. The molecular weight excluding hydrogens is 286 g/mol.